The molecule has 188 valence electrons. The van der Waals surface area contributed by atoms with Crippen molar-refractivity contribution in [3.8, 4) is 0 Å². The van der Waals surface area contributed by atoms with E-state index in [1.54, 1.807) is 12.1 Å². The second-order valence-electron chi connectivity index (χ2n) is 8.74. The maximum absolute atomic E-state index is 13.6. The van der Waals surface area contributed by atoms with Crippen molar-refractivity contribution in [3.63, 3.8) is 0 Å². The first-order chi connectivity index (χ1) is 17.9. The summed E-state index contributed by atoms with van der Waals surface area (Å²) < 4.78 is 0. The predicted octanol–water partition coefficient (Wildman–Crippen LogP) is 7.86. The Morgan fingerprint density at radius 2 is 1.59 bits per heavy atom. The van der Waals surface area contributed by atoms with Crippen LogP contribution in [0.2, 0.25) is 5.02 Å². The van der Waals surface area contributed by atoms with Gasteiger partial charge in [-0.2, -0.15) is 0 Å². The summed E-state index contributed by atoms with van der Waals surface area (Å²) in [6.07, 6.45) is 1.08. The van der Waals surface area contributed by atoms with Gasteiger partial charge in [-0.1, -0.05) is 85.3 Å². The van der Waals surface area contributed by atoms with E-state index in [1.165, 1.54) is 11.8 Å². The van der Waals surface area contributed by atoms with Crippen molar-refractivity contribution in [2.24, 2.45) is 0 Å². The van der Waals surface area contributed by atoms with Gasteiger partial charge in [0.1, 0.15) is 5.25 Å². The largest absolute Gasteiger partial charge is 0.326 e. The number of amides is 2. The Bertz CT molecular complexity index is 1370. The van der Waals surface area contributed by atoms with E-state index in [9.17, 15) is 9.59 Å². The lowest BCUT2D eigenvalue weighted by atomic mass is 10.1. The van der Waals surface area contributed by atoms with Gasteiger partial charge < -0.3 is 10.6 Å². The highest BCUT2D eigenvalue weighted by Crippen LogP contribution is 2.37. The van der Waals surface area contributed by atoms with Crippen LogP contribution in [0.3, 0.4) is 0 Å². The fraction of sp³-hybridized carbons (Fsp3) is 0.161. The fourth-order valence-electron chi connectivity index (χ4n) is 4.07. The Morgan fingerprint density at radius 3 is 2.32 bits per heavy atom. The highest BCUT2D eigenvalue weighted by molar-refractivity contribution is 8.00. The topological polar surface area (TPSA) is 58.2 Å². The van der Waals surface area contributed by atoms with E-state index in [2.05, 4.69) is 17.6 Å². The minimum atomic E-state index is -0.467. The van der Waals surface area contributed by atoms with Gasteiger partial charge in [-0.05, 0) is 65.9 Å². The van der Waals surface area contributed by atoms with Crippen LogP contribution in [0.25, 0.3) is 0 Å². The summed E-state index contributed by atoms with van der Waals surface area (Å²) in [4.78, 5) is 27.1. The molecule has 0 aliphatic rings. The van der Waals surface area contributed by atoms with Gasteiger partial charge in [0.25, 0.3) is 0 Å². The van der Waals surface area contributed by atoms with Crippen LogP contribution in [0.5, 0.6) is 0 Å². The lowest BCUT2D eigenvalue weighted by Crippen LogP contribution is -2.20. The van der Waals surface area contributed by atoms with Gasteiger partial charge >= 0.3 is 0 Å². The van der Waals surface area contributed by atoms with Crippen LogP contribution in [-0.4, -0.2) is 11.8 Å². The maximum Gasteiger partial charge on any atom is 0.242 e. The molecule has 37 heavy (non-hydrogen) atoms. The molecule has 0 bridgehead atoms. The summed E-state index contributed by atoms with van der Waals surface area (Å²) in [5.41, 5.74) is 5.50. The van der Waals surface area contributed by atoms with E-state index in [0.29, 0.717) is 10.7 Å². The first kappa shape index (κ1) is 26.5. The highest BCUT2D eigenvalue weighted by Gasteiger charge is 2.23. The summed E-state index contributed by atoms with van der Waals surface area (Å²) >= 11 is 7.40. The molecule has 1 atom stereocenters. The Labute approximate surface area is 227 Å². The SMILES string of the molecule is CCc1cccc(C)c1NC(=O)C(Sc1cccc(NC(=O)Cc2ccc(Cl)cc2)c1)c1ccccc1. The number of thioether (sulfide) groups is 1. The lowest BCUT2D eigenvalue weighted by molar-refractivity contribution is -0.116. The molecule has 0 aliphatic heterocycles. The van der Waals surface area contributed by atoms with Crippen molar-refractivity contribution in [2.45, 2.75) is 36.8 Å². The molecular formula is C31H29ClN2O2S. The number of benzene rings is 4. The maximum atomic E-state index is 13.6. The minimum Gasteiger partial charge on any atom is -0.326 e. The van der Waals surface area contributed by atoms with Gasteiger partial charge in [0, 0.05) is 21.3 Å². The van der Waals surface area contributed by atoms with Crippen LogP contribution in [0.15, 0.2) is 102 Å². The number of carbonyl (C=O) groups is 2. The highest BCUT2D eigenvalue weighted by atomic mass is 35.5. The Balaban J connectivity index is 1.52. The molecular weight excluding hydrogens is 500 g/mol. The van der Waals surface area contributed by atoms with Crippen molar-refractivity contribution >= 4 is 46.6 Å². The molecule has 2 amide bonds. The quantitative estimate of drug-likeness (QED) is 0.217. The van der Waals surface area contributed by atoms with Crippen LogP contribution >= 0.6 is 23.4 Å². The molecule has 1 unspecified atom stereocenters. The lowest BCUT2D eigenvalue weighted by Gasteiger charge is -2.20. The summed E-state index contributed by atoms with van der Waals surface area (Å²) in [6.45, 7) is 4.09. The Kier molecular flexibility index (Phi) is 9.04. The summed E-state index contributed by atoms with van der Waals surface area (Å²) in [7, 11) is 0. The molecule has 0 heterocycles. The second kappa shape index (κ2) is 12.6. The van der Waals surface area contributed by atoms with Crippen LogP contribution in [0.4, 0.5) is 11.4 Å². The van der Waals surface area contributed by atoms with Gasteiger partial charge in [-0.25, -0.2) is 0 Å². The molecule has 0 saturated heterocycles. The van der Waals surface area contributed by atoms with Crippen LogP contribution < -0.4 is 10.6 Å². The molecule has 0 radical (unpaired) electrons. The third kappa shape index (κ3) is 7.25. The number of hydrogen-bond acceptors (Lipinski definition) is 3. The smallest absolute Gasteiger partial charge is 0.242 e. The zero-order valence-corrected chi connectivity index (χ0v) is 22.4. The normalized spacial score (nSPS) is 11.5. The van der Waals surface area contributed by atoms with E-state index in [0.717, 1.165) is 39.3 Å². The van der Waals surface area contributed by atoms with Crippen molar-refractivity contribution < 1.29 is 9.59 Å². The monoisotopic (exact) mass is 528 g/mol. The van der Waals surface area contributed by atoms with Gasteiger partial charge in [0.15, 0.2) is 0 Å². The minimum absolute atomic E-state index is 0.0858. The predicted molar refractivity (Wildman–Crippen MR) is 154 cm³/mol. The third-order valence-electron chi connectivity index (χ3n) is 5.98. The molecule has 6 heteroatoms. The standard InChI is InChI=1S/C31H29ClN2O2S/c1-3-23-12-7-9-21(2)29(23)34-31(36)30(24-10-5-4-6-11-24)37-27-14-8-13-26(20-27)33-28(35)19-22-15-17-25(32)18-16-22/h4-18,20,30H,3,19H2,1-2H3,(H,33,35)(H,34,36). The number of carbonyl (C=O) groups excluding carboxylic acids is 2. The first-order valence-corrected chi connectivity index (χ1v) is 13.4. The second-order valence-corrected chi connectivity index (χ2v) is 10.4. The molecule has 4 rings (SSSR count). The molecule has 0 saturated carbocycles. The number of anilines is 2. The third-order valence-corrected chi connectivity index (χ3v) is 7.48. The van der Waals surface area contributed by atoms with Crippen LogP contribution in [-0.2, 0) is 22.4 Å². The average Bonchev–Trinajstić information content (AvgIpc) is 2.90. The van der Waals surface area contributed by atoms with Gasteiger partial charge in [-0.15, -0.1) is 11.8 Å². The molecule has 4 nitrogen and oxygen atoms in total. The van der Waals surface area contributed by atoms with Crippen LogP contribution in [0, 0.1) is 6.92 Å². The number of hydrogen-bond donors (Lipinski definition) is 2. The molecule has 0 aromatic heterocycles. The Hall–Kier alpha value is -3.54. The zero-order valence-electron chi connectivity index (χ0n) is 20.8. The summed E-state index contributed by atoms with van der Waals surface area (Å²) in [5, 5.41) is 6.32. The molecule has 4 aromatic carbocycles. The van der Waals surface area contributed by atoms with Gasteiger partial charge in [-0.3, -0.25) is 9.59 Å². The summed E-state index contributed by atoms with van der Waals surface area (Å²) in [6, 6.07) is 30.6. The van der Waals surface area contributed by atoms with Crippen molar-refractivity contribution in [1.82, 2.24) is 0 Å². The van der Waals surface area contributed by atoms with E-state index >= 15 is 0 Å². The van der Waals surface area contributed by atoms with E-state index in [-0.39, 0.29) is 18.2 Å². The Morgan fingerprint density at radius 1 is 0.865 bits per heavy atom. The van der Waals surface area contributed by atoms with Crippen LogP contribution in [0.1, 0.15) is 34.4 Å². The molecule has 2 N–H and O–H groups in total. The zero-order chi connectivity index (χ0) is 26.2. The first-order valence-electron chi connectivity index (χ1n) is 12.2. The molecule has 0 fully saturated rings. The number of nitrogens with one attached hydrogen (secondary N) is 2. The summed E-state index contributed by atoms with van der Waals surface area (Å²) in [5.74, 6) is -0.203. The number of aryl methyl sites for hydroxylation is 2. The fourth-order valence-corrected chi connectivity index (χ4v) is 5.28. The molecule has 0 aliphatic carbocycles. The number of para-hydroxylation sites is 1. The molecule has 0 spiro atoms. The van der Waals surface area contributed by atoms with E-state index in [4.69, 9.17) is 11.6 Å². The van der Waals surface area contributed by atoms with Crippen molar-refractivity contribution in [2.75, 3.05) is 10.6 Å². The number of halogens is 1. The average molecular weight is 529 g/mol. The molecule has 4 aromatic rings. The van der Waals surface area contributed by atoms with Gasteiger partial charge in [0.2, 0.25) is 11.8 Å². The van der Waals surface area contributed by atoms with Crippen molar-refractivity contribution in [1.29, 1.82) is 0 Å². The van der Waals surface area contributed by atoms with Gasteiger partial charge in [0.05, 0.1) is 6.42 Å². The number of rotatable bonds is 9. The van der Waals surface area contributed by atoms with E-state index < -0.39 is 5.25 Å². The van der Waals surface area contributed by atoms with Crippen molar-refractivity contribution in [3.05, 3.63) is 124 Å². The van der Waals surface area contributed by atoms with E-state index in [1.807, 2.05) is 91.9 Å².